The first-order chi connectivity index (χ1) is 9.24. The third-order valence-corrected chi connectivity index (χ3v) is 3.44. The minimum atomic E-state index is -0.222. The van der Waals surface area contributed by atoms with Gasteiger partial charge in [-0.15, -0.1) is 0 Å². The first-order valence-electron chi connectivity index (χ1n) is 6.53. The molecular weight excluding hydrogens is 242 g/mol. The topological polar surface area (TPSA) is 68.9 Å². The molecule has 0 aliphatic heterocycles. The summed E-state index contributed by atoms with van der Waals surface area (Å²) >= 11 is 0. The molecule has 98 valence electrons. The van der Waals surface area contributed by atoms with Crippen molar-refractivity contribution in [3.8, 4) is 11.5 Å². The summed E-state index contributed by atoms with van der Waals surface area (Å²) < 4.78 is 5.25. The normalized spacial score (nSPS) is 19.6. The molecule has 5 nitrogen and oxygen atoms in total. The summed E-state index contributed by atoms with van der Waals surface area (Å²) in [4.78, 5) is 20.4. The lowest BCUT2D eigenvalue weighted by Crippen LogP contribution is -2.17. The number of pyridine rings is 1. The lowest BCUT2D eigenvalue weighted by molar-refractivity contribution is -0.122. The molecule has 2 aromatic rings. The predicted molar refractivity (Wildman–Crippen MR) is 68.5 cm³/mol. The Bertz CT molecular complexity index is 606. The Morgan fingerprint density at radius 1 is 1.37 bits per heavy atom. The van der Waals surface area contributed by atoms with Gasteiger partial charge in [0.2, 0.25) is 11.7 Å². The fraction of sp³-hybridized carbons (Fsp3) is 0.429. The zero-order chi connectivity index (χ0) is 13.2. The van der Waals surface area contributed by atoms with Gasteiger partial charge in [0.15, 0.2) is 0 Å². The van der Waals surface area contributed by atoms with E-state index in [-0.39, 0.29) is 11.7 Å². The van der Waals surface area contributed by atoms with E-state index in [1.54, 1.807) is 6.20 Å². The summed E-state index contributed by atoms with van der Waals surface area (Å²) in [6.07, 6.45) is 5.14. The molecule has 1 unspecified atom stereocenters. The Morgan fingerprint density at radius 3 is 3.05 bits per heavy atom. The Hall–Kier alpha value is -2.04. The number of nitrogens with zero attached hydrogens (tertiary/aromatic N) is 3. The molecule has 0 aromatic carbocycles. The number of carbonyl (C=O) groups excluding carboxylic acids is 1. The van der Waals surface area contributed by atoms with Gasteiger partial charge in [0.25, 0.3) is 0 Å². The Morgan fingerprint density at radius 2 is 2.26 bits per heavy atom. The molecule has 1 aliphatic carbocycles. The van der Waals surface area contributed by atoms with Gasteiger partial charge in [-0.2, -0.15) is 4.98 Å². The molecule has 1 saturated carbocycles. The second-order valence-electron chi connectivity index (χ2n) is 4.94. The van der Waals surface area contributed by atoms with Crippen LogP contribution in [0.3, 0.4) is 0 Å². The highest BCUT2D eigenvalue weighted by atomic mass is 16.5. The van der Waals surface area contributed by atoms with Crippen LogP contribution < -0.4 is 0 Å². The molecule has 0 saturated heterocycles. The molecule has 0 spiro atoms. The lowest BCUT2D eigenvalue weighted by Gasteiger charge is -2.16. The van der Waals surface area contributed by atoms with Gasteiger partial charge >= 0.3 is 0 Å². The van der Waals surface area contributed by atoms with Crippen molar-refractivity contribution < 1.29 is 9.32 Å². The van der Waals surface area contributed by atoms with E-state index in [9.17, 15) is 4.79 Å². The van der Waals surface area contributed by atoms with Crippen molar-refractivity contribution in [2.45, 2.75) is 38.5 Å². The van der Waals surface area contributed by atoms with Crippen LogP contribution in [-0.4, -0.2) is 20.9 Å². The maximum absolute atomic E-state index is 11.9. The van der Waals surface area contributed by atoms with Crippen LogP contribution >= 0.6 is 0 Å². The van der Waals surface area contributed by atoms with Gasteiger partial charge in [0.05, 0.1) is 5.92 Å². The number of hydrogen-bond acceptors (Lipinski definition) is 5. The van der Waals surface area contributed by atoms with E-state index in [4.69, 9.17) is 4.52 Å². The molecule has 0 amide bonds. The second kappa shape index (κ2) is 4.91. The van der Waals surface area contributed by atoms with Crippen molar-refractivity contribution in [2.24, 2.45) is 0 Å². The molecule has 2 heterocycles. The Balaban J connectivity index is 1.89. The largest absolute Gasteiger partial charge is 0.338 e. The smallest absolute Gasteiger partial charge is 0.237 e. The van der Waals surface area contributed by atoms with E-state index in [0.29, 0.717) is 23.8 Å². The monoisotopic (exact) mass is 257 g/mol. The number of rotatable bonds is 2. The average Bonchev–Trinajstić information content (AvgIpc) is 2.89. The predicted octanol–water partition coefficient (Wildman–Crippen LogP) is 2.67. The van der Waals surface area contributed by atoms with Crippen molar-refractivity contribution in [1.82, 2.24) is 15.1 Å². The molecule has 1 atom stereocenters. The van der Waals surface area contributed by atoms with Crippen LogP contribution in [0.15, 0.2) is 22.9 Å². The van der Waals surface area contributed by atoms with E-state index < -0.39 is 0 Å². The van der Waals surface area contributed by atoms with Crippen LogP contribution in [0, 0.1) is 6.92 Å². The van der Waals surface area contributed by atoms with Gasteiger partial charge in [-0.05, 0) is 37.5 Å². The first kappa shape index (κ1) is 12.0. The van der Waals surface area contributed by atoms with Gasteiger partial charge in [0, 0.05) is 12.6 Å². The van der Waals surface area contributed by atoms with Crippen LogP contribution in [-0.2, 0) is 4.79 Å². The number of hydrogen-bond donors (Lipinski definition) is 0. The highest BCUT2D eigenvalue weighted by molar-refractivity contribution is 5.85. The van der Waals surface area contributed by atoms with E-state index in [1.165, 1.54) is 0 Å². The molecule has 2 aromatic heterocycles. The van der Waals surface area contributed by atoms with Crippen LogP contribution in [0.1, 0.15) is 43.1 Å². The van der Waals surface area contributed by atoms with Gasteiger partial charge in [-0.3, -0.25) is 9.78 Å². The minimum absolute atomic E-state index is 0.207. The van der Waals surface area contributed by atoms with Gasteiger partial charge in [-0.25, -0.2) is 0 Å². The summed E-state index contributed by atoms with van der Waals surface area (Å²) in [5.41, 5.74) is 1.77. The molecule has 1 aliphatic rings. The van der Waals surface area contributed by atoms with Crippen LogP contribution in [0.2, 0.25) is 0 Å². The number of aromatic nitrogens is 3. The molecule has 0 bridgehead atoms. The number of carbonyl (C=O) groups is 1. The zero-order valence-corrected chi connectivity index (χ0v) is 10.8. The van der Waals surface area contributed by atoms with Gasteiger partial charge in [-0.1, -0.05) is 11.6 Å². The molecule has 3 rings (SSSR count). The maximum atomic E-state index is 11.9. The van der Waals surface area contributed by atoms with E-state index in [1.807, 2.05) is 19.1 Å². The summed E-state index contributed by atoms with van der Waals surface area (Å²) in [7, 11) is 0. The maximum Gasteiger partial charge on any atom is 0.237 e. The van der Waals surface area contributed by atoms with Crippen molar-refractivity contribution in [3.05, 3.63) is 29.8 Å². The van der Waals surface area contributed by atoms with Crippen molar-refractivity contribution >= 4 is 5.78 Å². The van der Waals surface area contributed by atoms with Crippen molar-refractivity contribution in [1.29, 1.82) is 0 Å². The van der Waals surface area contributed by atoms with E-state index >= 15 is 0 Å². The minimum Gasteiger partial charge on any atom is -0.338 e. The van der Waals surface area contributed by atoms with Crippen LogP contribution in [0.4, 0.5) is 0 Å². The molecule has 19 heavy (non-hydrogen) atoms. The molecule has 5 heteroatoms. The van der Waals surface area contributed by atoms with Gasteiger partial charge in [0.1, 0.15) is 11.5 Å². The van der Waals surface area contributed by atoms with Crippen LogP contribution in [0.25, 0.3) is 11.5 Å². The summed E-state index contributed by atoms with van der Waals surface area (Å²) in [6, 6.07) is 3.81. The molecular formula is C14H15N3O2. The number of ketones is 1. The summed E-state index contributed by atoms with van der Waals surface area (Å²) in [5.74, 6) is 0.874. The summed E-state index contributed by atoms with van der Waals surface area (Å²) in [6.45, 7) is 1.98. The average molecular weight is 257 g/mol. The fourth-order valence-corrected chi connectivity index (χ4v) is 2.38. The zero-order valence-electron chi connectivity index (χ0n) is 10.8. The van der Waals surface area contributed by atoms with Crippen LogP contribution in [0.5, 0.6) is 0 Å². The first-order valence-corrected chi connectivity index (χ1v) is 6.53. The van der Waals surface area contributed by atoms with Gasteiger partial charge < -0.3 is 4.52 Å². The standard InChI is InChI=1S/C14H15N3O2/c1-9-6-7-15-11(8-9)13-16-14(19-17-13)10-4-2-3-5-12(10)18/h6-8,10H,2-5H2,1H3. The van der Waals surface area contributed by atoms with E-state index in [0.717, 1.165) is 24.8 Å². The highest BCUT2D eigenvalue weighted by Gasteiger charge is 2.29. The third kappa shape index (κ3) is 2.41. The Labute approximate surface area is 111 Å². The molecule has 0 N–H and O–H groups in total. The van der Waals surface area contributed by atoms with Crippen molar-refractivity contribution in [2.75, 3.05) is 0 Å². The van der Waals surface area contributed by atoms with Crippen molar-refractivity contribution in [3.63, 3.8) is 0 Å². The number of Topliss-reactive ketones (excluding diaryl/α,β-unsaturated/α-hetero) is 1. The van der Waals surface area contributed by atoms with E-state index in [2.05, 4.69) is 15.1 Å². The quantitative estimate of drug-likeness (QED) is 0.827. The Kier molecular flexibility index (Phi) is 3.11. The number of aryl methyl sites for hydroxylation is 1. The SMILES string of the molecule is Cc1ccnc(-c2noc(C3CCCCC3=O)n2)c1. The summed E-state index contributed by atoms with van der Waals surface area (Å²) in [5, 5.41) is 3.94. The highest BCUT2D eigenvalue weighted by Crippen LogP contribution is 2.29. The molecule has 0 radical (unpaired) electrons. The second-order valence-corrected chi connectivity index (χ2v) is 4.94. The fourth-order valence-electron chi connectivity index (χ4n) is 2.38. The molecule has 1 fully saturated rings. The lowest BCUT2D eigenvalue weighted by atomic mass is 9.88. The third-order valence-electron chi connectivity index (χ3n) is 3.44.